The van der Waals surface area contributed by atoms with E-state index in [1.165, 1.54) is 10.8 Å². The quantitative estimate of drug-likeness (QED) is 0.804. The topological polar surface area (TPSA) is 34.1 Å². The van der Waals surface area contributed by atoms with Gasteiger partial charge in [0, 0.05) is 0 Å². The third kappa shape index (κ3) is 2.91. The van der Waals surface area contributed by atoms with Crippen LogP contribution in [0.1, 0.15) is 5.56 Å². The average Bonchev–Trinajstić information content (AvgIpc) is 2.53. The fourth-order valence-electron chi connectivity index (χ4n) is 2.27. The fraction of sp³-hybridized carbons (Fsp3) is 0.312. The smallest absolute Gasteiger partial charge is 0.119 e. The second-order valence-electron chi connectivity index (χ2n) is 4.78. The lowest BCUT2D eigenvalue weighted by Crippen LogP contribution is -2.32. The molecular formula is C16H18N2O2. The minimum atomic E-state index is 0.759. The van der Waals surface area contributed by atoms with Gasteiger partial charge in [0.2, 0.25) is 0 Å². The van der Waals surface area contributed by atoms with Crippen LogP contribution in [-0.2, 0) is 4.74 Å². The Kier molecular flexibility index (Phi) is 3.83. The van der Waals surface area contributed by atoms with Crippen LogP contribution in [-0.4, -0.2) is 44.6 Å². The van der Waals surface area contributed by atoms with Gasteiger partial charge in [-0.25, -0.2) is 0 Å². The first-order valence-corrected chi connectivity index (χ1v) is 6.80. The zero-order valence-electron chi connectivity index (χ0n) is 11.6. The number of benzene rings is 2. The average molecular weight is 270 g/mol. The third-order valence-corrected chi connectivity index (χ3v) is 3.43. The predicted molar refractivity (Wildman–Crippen MR) is 80.5 cm³/mol. The van der Waals surface area contributed by atoms with E-state index in [1.807, 2.05) is 23.4 Å². The van der Waals surface area contributed by atoms with Gasteiger partial charge >= 0.3 is 0 Å². The van der Waals surface area contributed by atoms with Crippen LogP contribution in [0.25, 0.3) is 10.8 Å². The summed E-state index contributed by atoms with van der Waals surface area (Å²) in [7, 11) is 1.69. The van der Waals surface area contributed by atoms with Crippen molar-refractivity contribution in [1.82, 2.24) is 5.01 Å². The molecule has 2 aromatic rings. The van der Waals surface area contributed by atoms with E-state index in [1.54, 1.807) is 7.11 Å². The lowest BCUT2D eigenvalue weighted by atomic mass is 10.1. The van der Waals surface area contributed by atoms with Gasteiger partial charge in [0.1, 0.15) is 5.75 Å². The lowest BCUT2D eigenvalue weighted by Gasteiger charge is -2.23. The Hall–Kier alpha value is -2.07. The molecule has 20 heavy (non-hydrogen) atoms. The normalized spacial score (nSPS) is 15.9. The first kappa shape index (κ1) is 12.9. The first-order chi connectivity index (χ1) is 9.85. The molecule has 2 aromatic carbocycles. The number of fused-ring (bicyclic) bond motifs is 1. The number of hydrogen-bond donors (Lipinski definition) is 0. The van der Waals surface area contributed by atoms with E-state index < -0.39 is 0 Å². The molecular weight excluding hydrogens is 252 g/mol. The highest BCUT2D eigenvalue weighted by Gasteiger charge is 2.06. The molecule has 1 aliphatic rings. The molecule has 0 bridgehead atoms. The maximum atomic E-state index is 5.30. The second-order valence-corrected chi connectivity index (χ2v) is 4.78. The summed E-state index contributed by atoms with van der Waals surface area (Å²) in [6, 6.07) is 12.4. The number of morpholine rings is 1. The molecule has 0 unspecified atom stereocenters. The minimum absolute atomic E-state index is 0.759. The van der Waals surface area contributed by atoms with Crippen LogP contribution >= 0.6 is 0 Å². The number of nitrogens with zero attached hydrogens (tertiary/aromatic N) is 2. The summed E-state index contributed by atoms with van der Waals surface area (Å²) < 4.78 is 10.5. The van der Waals surface area contributed by atoms with Crippen LogP contribution in [0.5, 0.6) is 5.75 Å². The van der Waals surface area contributed by atoms with Crippen molar-refractivity contribution in [2.75, 3.05) is 33.4 Å². The molecule has 0 aromatic heterocycles. The van der Waals surface area contributed by atoms with Crippen LogP contribution in [0.2, 0.25) is 0 Å². The molecule has 0 N–H and O–H groups in total. The molecule has 4 nitrogen and oxygen atoms in total. The van der Waals surface area contributed by atoms with Crippen LogP contribution < -0.4 is 4.74 Å². The zero-order chi connectivity index (χ0) is 13.8. The lowest BCUT2D eigenvalue weighted by molar-refractivity contribution is 0.0397. The third-order valence-electron chi connectivity index (χ3n) is 3.43. The molecule has 1 heterocycles. The van der Waals surface area contributed by atoms with Gasteiger partial charge < -0.3 is 9.47 Å². The minimum Gasteiger partial charge on any atom is -0.497 e. The molecule has 1 saturated heterocycles. The van der Waals surface area contributed by atoms with Crippen molar-refractivity contribution < 1.29 is 9.47 Å². The van der Waals surface area contributed by atoms with Crippen molar-refractivity contribution in [1.29, 1.82) is 0 Å². The summed E-state index contributed by atoms with van der Waals surface area (Å²) in [5.74, 6) is 0.882. The first-order valence-electron chi connectivity index (χ1n) is 6.80. The Bertz CT molecular complexity index is 619. The van der Waals surface area contributed by atoms with Crippen molar-refractivity contribution in [3.05, 3.63) is 42.0 Å². The Morgan fingerprint density at radius 3 is 2.65 bits per heavy atom. The van der Waals surface area contributed by atoms with Crippen molar-refractivity contribution in [2.45, 2.75) is 0 Å². The standard InChI is InChI=1S/C16H18N2O2/c1-19-16-5-4-14-10-13(2-3-15(14)11-16)12-17-18-6-8-20-9-7-18/h2-5,10-12H,6-9H2,1H3/b17-12-. The van der Waals surface area contributed by atoms with Gasteiger partial charge in [0.25, 0.3) is 0 Å². The summed E-state index contributed by atoms with van der Waals surface area (Å²) in [6.45, 7) is 3.24. The fourth-order valence-corrected chi connectivity index (χ4v) is 2.27. The molecule has 4 heteroatoms. The van der Waals surface area contributed by atoms with Crippen LogP contribution in [0.15, 0.2) is 41.5 Å². The van der Waals surface area contributed by atoms with E-state index in [0.29, 0.717) is 0 Å². The van der Waals surface area contributed by atoms with Crippen molar-refractivity contribution >= 4 is 17.0 Å². The van der Waals surface area contributed by atoms with Crippen molar-refractivity contribution in [3.63, 3.8) is 0 Å². The monoisotopic (exact) mass is 270 g/mol. The summed E-state index contributed by atoms with van der Waals surface area (Å²) in [5.41, 5.74) is 1.11. The molecule has 0 aliphatic carbocycles. The Morgan fingerprint density at radius 2 is 1.85 bits per heavy atom. The number of hydrazone groups is 1. The van der Waals surface area contributed by atoms with E-state index in [0.717, 1.165) is 37.6 Å². The van der Waals surface area contributed by atoms with E-state index >= 15 is 0 Å². The van der Waals surface area contributed by atoms with Gasteiger partial charge in [-0.1, -0.05) is 18.2 Å². The predicted octanol–water partition coefficient (Wildman–Crippen LogP) is 2.51. The van der Waals surface area contributed by atoms with Gasteiger partial charge in [0.05, 0.1) is 39.6 Å². The molecule has 0 saturated carbocycles. The Balaban J connectivity index is 1.80. The van der Waals surface area contributed by atoms with Gasteiger partial charge in [0.15, 0.2) is 0 Å². The zero-order valence-corrected chi connectivity index (χ0v) is 11.6. The molecule has 104 valence electrons. The van der Waals surface area contributed by atoms with Gasteiger partial charge in [-0.3, -0.25) is 5.01 Å². The van der Waals surface area contributed by atoms with Gasteiger partial charge in [-0.15, -0.1) is 0 Å². The number of rotatable bonds is 3. The molecule has 0 atom stereocenters. The maximum Gasteiger partial charge on any atom is 0.119 e. The van der Waals surface area contributed by atoms with Crippen molar-refractivity contribution in [2.24, 2.45) is 5.10 Å². The summed E-state index contributed by atoms with van der Waals surface area (Å²) >= 11 is 0. The highest BCUT2D eigenvalue weighted by atomic mass is 16.5. The number of ether oxygens (including phenoxy) is 2. The Labute approximate surface area is 118 Å². The molecule has 0 amide bonds. The van der Waals surface area contributed by atoms with E-state index in [4.69, 9.17) is 9.47 Å². The molecule has 0 radical (unpaired) electrons. The van der Waals surface area contributed by atoms with E-state index in [2.05, 4.69) is 29.4 Å². The van der Waals surface area contributed by atoms with Crippen LogP contribution in [0.3, 0.4) is 0 Å². The molecule has 3 rings (SSSR count). The summed E-state index contributed by atoms with van der Waals surface area (Å²) in [6.07, 6.45) is 1.91. The maximum absolute atomic E-state index is 5.30. The molecule has 1 aliphatic heterocycles. The van der Waals surface area contributed by atoms with Gasteiger partial charge in [-0.2, -0.15) is 5.10 Å². The number of hydrogen-bond acceptors (Lipinski definition) is 4. The second kappa shape index (κ2) is 5.92. The molecule has 0 spiro atoms. The largest absolute Gasteiger partial charge is 0.497 e. The van der Waals surface area contributed by atoms with Gasteiger partial charge in [-0.05, 0) is 34.5 Å². The SMILES string of the molecule is COc1ccc2cc(/C=N\N3CCOCC3)ccc2c1. The number of methoxy groups -OCH3 is 1. The van der Waals surface area contributed by atoms with E-state index in [-0.39, 0.29) is 0 Å². The summed E-state index contributed by atoms with van der Waals surface area (Å²) in [5, 5.41) is 8.91. The van der Waals surface area contributed by atoms with Crippen molar-refractivity contribution in [3.8, 4) is 5.75 Å². The van der Waals surface area contributed by atoms with Crippen LogP contribution in [0, 0.1) is 0 Å². The van der Waals surface area contributed by atoms with Crippen LogP contribution in [0.4, 0.5) is 0 Å². The summed E-state index contributed by atoms with van der Waals surface area (Å²) in [4.78, 5) is 0. The highest BCUT2D eigenvalue weighted by molar-refractivity contribution is 5.91. The Morgan fingerprint density at radius 1 is 1.10 bits per heavy atom. The van der Waals surface area contributed by atoms with E-state index in [9.17, 15) is 0 Å². The molecule has 1 fully saturated rings. The highest BCUT2D eigenvalue weighted by Crippen LogP contribution is 2.21.